The zero-order valence-electron chi connectivity index (χ0n) is 12.4. The van der Waals surface area contributed by atoms with Crippen molar-refractivity contribution in [3.05, 3.63) is 57.0 Å². The average Bonchev–Trinajstić information content (AvgIpc) is 2.94. The molecule has 5 nitrogen and oxygen atoms in total. The number of urea groups is 1. The minimum absolute atomic E-state index is 0.215. The highest BCUT2D eigenvalue weighted by atomic mass is 35.5. The van der Waals surface area contributed by atoms with Crippen LogP contribution in [0.2, 0.25) is 10.0 Å². The van der Waals surface area contributed by atoms with E-state index in [1.807, 2.05) is 36.6 Å². The van der Waals surface area contributed by atoms with E-state index in [-0.39, 0.29) is 5.70 Å². The Morgan fingerprint density at radius 2 is 1.87 bits per heavy atom. The van der Waals surface area contributed by atoms with Gasteiger partial charge in [-0.25, -0.2) is 4.79 Å². The van der Waals surface area contributed by atoms with Crippen LogP contribution in [0.15, 0.2) is 30.0 Å². The van der Waals surface area contributed by atoms with Crippen LogP contribution in [0.3, 0.4) is 0 Å². The lowest BCUT2D eigenvalue weighted by atomic mass is 10.2. The van der Waals surface area contributed by atoms with Crippen LogP contribution in [0.1, 0.15) is 17.0 Å². The number of amides is 3. The van der Waals surface area contributed by atoms with E-state index in [0.29, 0.717) is 10.0 Å². The number of hydrogen-bond acceptors (Lipinski definition) is 2. The van der Waals surface area contributed by atoms with Crippen molar-refractivity contribution in [2.75, 3.05) is 0 Å². The van der Waals surface area contributed by atoms with Gasteiger partial charge in [0.25, 0.3) is 5.91 Å². The minimum atomic E-state index is -0.520. The molecule has 1 aliphatic heterocycles. The monoisotopic (exact) mass is 349 g/mol. The molecule has 3 rings (SSSR count). The second kappa shape index (κ2) is 5.76. The summed E-state index contributed by atoms with van der Waals surface area (Å²) in [6, 6.07) is 6.81. The van der Waals surface area contributed by atoms with Crippen LogP contribution in [-0.4, -0.2) is 16.5 Å². The number of carbonyl (C=O) groups is 2. The maximum absolute atomic E-state index is 11.7. The van der Waals surface area contributed by atoms with Gasteiger partial charge in [-0.2, -0.15) is 0 Å². The van der Waals surface area contributed by atoms with Gasteiger partial charge in [0.05, 0.1) is 15.7 Å². The van der Waals surface area contributed by atoms with Gasteiger partial charge in [-0.15, -0.1) is 0 Å². The Balaban J connectivity index is 2.11. The number of nitrogens with one attached hydrogen (secondary N) is 2. The SMILES string of the molecule is Cc1cc(C=C2NC(=O)NC2=O)c(C)n1-c1cccc(Cl)c1Cl. The molecule has 118 valence electrons. The third-order valence-corrected chi connectivity index (χ3v) is 4.47. The first kappa shape index (κ1) is 15.6. The van der Waals surface area contributed by atoms with Gasteiger partial charge in [-0.05, 0) is 43.7 Å². The molecule has 7 heteroatoms. The highest BCUT2D eigenvalue weighted by molar-refractivity contribution is 6.43. The smallest absolute Gasteiger partial charge is 0.316 e. The number of carbonyl (C=O) groups excluding carboxylic acids is 2. The Morgan fingerprint density at radius 1 is 1.13 bits per heavy atom. The predicted octanol–water partition coefficient (Wildman–Crippen LogP) is 3.58. The fourth-order valence-electron chi connectivity index (χ4n) is 2.61. The number of halogens is 2. The molecule has 0 atom stereocenters. The summed E-state index contributed by atoms with van der Waals surface area (Å²) in [6.45, 7) is 3.84. The second-order valence-electron chi connectivity index (χ2n) is 5.20. The summed E-state index contributed by atoms with van der Waals surface area (Å²) in [4.78, 5) is 22.8. The maximum atomic E-state index is 11.7. The molecular weight excluding hydrogens is 337 g/mol. The molecule has 1 fully saturated rings. The normalized spacial score (nSPS) is 15.9. The Kier molecular flexibility index (Phi) is 3.92. The number of aryl methyl sites for hydroxylation is 1. The molecule has 1 aromatic heterocycles. The number of aromatic nitrogens is 1. The first-order valence-corrected chi connectivity index (χ1v) is 7.61. The Morgan fingerprint density at radius 3 is 2.52 bits per heavy atom. The Hall–Kier alpha value is -2.24. The van der Waals surface area contributed by atoms with Crippen molar-refractivity contribution in [1.82, 2.24) is 15.2 Å². The van der Waals surface area contributed by atoms with Gasteiger partial charge in [0.1, 0.15) is 5.70 Å². The number of benzene rings is 1. The van der Waals surface area contributed by atoms with Crippen molar-refractivity contribution in [2.24, 2.45) is 0 Å². The number of hydrogen-bond donors (Lipinski definition) is 2. The van der Waals surface area contributed by atoms with Crippen molar-refractivity contribution >= 4 is 41.2 Å². The summed E-state index contributed by atoms with van der Waals surface area (Å²) in [7, 11) is 0. The molecule has 0 bridgehead atoms. The Bertz CT molecular complexity index is 868. The molecule has 3 amide bonds. The van der Waals surface area contributed by atoms with Crippen LogP contribution in [0.5, 0.6) is 0 Å². The first-order chi connectivity index (χ1) is 10.9. The van der Waals surface area contributed by atoms with Crippen LogP contribution in [0, 0.1) is 13.8 Å². The van der Waals surface area contributed by atoms with E-state index in [1.165, 1.54) is 0 Å². The van der Waals surface area contributed by atoms with E-state index in [2.05, 4.69) is 10.6 Å². The molecule has 23 heavy (non-hydrogen) atoms. The summed E-state index contributed by atoms with van der Waals surface area (Å²) in [6.07, 6.45) is 1.64. The highest BCUT2D eigenvalue weighted by Gasteiger charge is 2.23. The van der Waals surface area contributed by atoms with Crippen molar-refractivity contribution in [3.8, 4) is 5.69 Å². The van der Waals surface area contributed by atoms with Crippen molar-refractivity contribution in [2.45, 2.75) is 13.8 Å². The van der Waals surface area contributed by atoms with Crippen molar-refractivity contribution < 1.29 is 9.59 Å². The fourth-order valence-corrected chi connectivity index (χ4v) is 2.99. The van der Waals surface area contributed by atoms with Gasteiger partial charge in [-0.1, -0.05) is 29.3 Å². The maximum Gasteiger partial charge on any atom is 0.326 e. The molecular formula is C16H13Cl2N3O2. The third kappa shape index (κ3) is 2.73. The summed E-state index contributed by atoms with van der Waals surface area (Å²) < 4.78 is 1.95. The van der Waals surface area contributed by atoms with Crippen molar-refractivity contribution in [1.29, 1.82) is 0 Å². The highest BCUT2D eigenvalue weighted by Crippen LogP contribution is 2.32. The van der Waals surface area contributed by atoms with E-state index in [9.17, 15) is 9.59 Å². The molecule has 1 aliphatic rings. The predicted molar refractivity (Wildman–Crippen MR) is 89.9 cm³/mol. The van der Waals surface area contributed by atoms with Crippen LogP contribution >= 0.6 is 23.2 Å². The topological polar surface area (TPSA) is 63.1 Å². The minimum Gasteiger partial charge on any atom is -0.316 e. The zero-order valence-corrected chi connectivity index (χ0v) is 13.9. The molecule has 0 saturated carbocycles. The Labute approximate surface area is 142 Å². The summed E-state index contributed by atoms with van der Waals surface area (Å²) in [5, 5.41) is 5.58. The molecule has 2 heterocycles. The molecule has 2 aromatic rings. The quantitative estimate of drug-likeness (QED) is 0.642. The van der Waals surface area contributed by atoms with Crippen LogP contribution in [-0.2, 0) is 4.79 Å². The first-order valence-electron chi connectivity index (χ1n) is 6.86. The van der Waals surface area contributed by atoms with E-state index in [1.54, 1.807) is 12.1 Å². The zero-order chi connectivity index (χ0) is 16.7. The van der Waals surface area contributed by atoms with Crippen molar-refractivity contribution in [3.63, 3.8) is 0 Å². The van der Waals surface area contributed by atoms with E-state index < -0.39 is 11.9 Å². The molecule has 0 unspecified atom stereocenters. The van der Waals surface area contributed by atoms with Gasteiger partial charge in [0, 0.05) is 11.4 Å². The van der Waals surface area contributed by atoms with E-state index in [4.69, 9.17) is 23.2 Å². The van der Waals surface area contributed by atoms with Gasteiger partial charge in [0.2, 0.25) is 0 Å². The number of imide groups is 1. The fraction of sp³-hybridized carbons (Fsp3) is 0.125. The standard InChI is InChI=1S/C16H13Cl2N3O2/c1-8-6-10(7-12-15(22)20-16(23)19-12)9(2)21(8)13-5-3-4-11(17)14(13)18/h3-7H,1-2H3,(H2,19,20,22,23). The molecule has 0 aliphatic carbocycles. The summed E-state index contributed by atoms with van der Waals surface area (Å²) in [5.74, 6) is -0.444. The average molecular weight is 350 g/mol. The van der Waals surface area contributed by atoms with Crippen LogP contribution in [0.25, 0.3) is 11.8 Å². The molecule has 0 radical (unpaired) electrons. The van der Waals surface area contributed by atoms with E-state index in [0.717, 1.165) is 22.6 Å². The second-order valence-corrected chi connectivity index (χ2v) is 5.99. The largest absolute Gasteiger partial charge is 0.326 e. The summed E-state index contributed by atoms with van der Waals surface area (Å²) >= 11 is 12.4. The lowest BCUT2D eigenvalue weighted by Gasteiger charge is -2.12. The molecule has 1 saturated heterocycles. The van der Waals surface area contributed by atoms with Gasteiger partial charge in [0.15, 0.2) is 0 Å². The molecule has 0 spiro atoms. The van der Waals surface area contributed by atoms with Gasteiger partial charge in [-0.3, -0.25) is 10.1 Å². The van der Waals surface area contributed by atoms with Crippen LogP contribution in [0.4, 0.5) is 4.79 Å². The molecule has 2 N–H and O–H groups in total. The van der Waals surface area contributed by atoms with Gasteiger partial charge < -0.3 is 9.88 Å². The summed E-state index contributed by atoms with van der Waals surface area (Å²) in [5.41, 5.74) is 3.61. The number of nitrogens with zero attached hydrogens (tertiary/aromatic N) is 1. The lowest BCUT2D eigenvalue weighted by Crippen LogP contribution is -2.22. The third-order valence-electron chi connectivity index (χ3n) is 3.66. The number of rotatable bonds is 2. The lowest BCUT2D eigenvalue weighted by molar-refractivity contribution is -0.115. The van der Waals surface area contributed by atoms with Gasteiger partial charge >= 0.3 is 6.03 Å². The van der Waals surface area contributed by atoms with E-state index >= 15 is 0 Å². The van der Waals surface area contributed by atoms with Crippen LogP contribution < -0.4 is 10.6 Å². The molecule has 1 aromatic carbocycles.